The standard InChI is InChI=1S/C18H18N2O4S2/c1-3-24-17(22)12-6-7-13-15(11-12)26-18(20(13)8-9-23-2)19-16(21)14-5-4-10-25-14/h4-7,10-11H,3,8-9H2,1-2H3. The van der Waals surface area contributed by atoms with Gasteiger partial charge >= 0.3 is 5.97 Å². The lowest BCUT2D eigenvalue weighted by Gasteiger charge is -2.05. The average molecular weight is 390 g/mol. The molecule has 0 aliphatic carbocycles. The van der Waals surface area contributed by atoms with E-state index in [0.29, 0.717) is 35.0 Å². The molecule has 1 amide bonds. The second-order valence-electron chi connectivity index (χ2n) is 5.33. The summed E-state index contributed by atoms with van der Waals surface area (Å²) in [5, 5.41) is 1.85. The number of thiazole rings is 1. The molecule has 3 rings (SSSR count). The van der Waals surface area contributed by atoms with Crippen LogP contribution in [0, 0.1) is 0 Å². The Kier molecular flexibility index (Phi) is 5.97. The average Bonchev–Trinajstić information content (AvgIpc) is 3.27. The monoisotopic (exact) mass is 390 g/mol. The van der Waals surface area contributed by atoms with Gasteiger partial charge in [-0.2, -0.15) is 4.99 Å². The molecule has 136 valence electrons. The predicted octanol–water partition coefficient (Wildman–Crippen LogP) is 3.33. The van der Waals surface area contributed by atoms with E-state index in [1.165, 1.54) is 22.7 Å². The molecule has 0 atom stereocenters. The third kappa shape index (κ3) is 3.92. The Labute approximate surface area is 158 Å². The van der Waals surface area contributed by atoms with Gasteiger partial charge in [0.15, 0.2) is 4.80 Å². The summed E-state index contributed by atoms with van der Waals surface area (Å²) in [5.41, 5.74) is 1.38. The molecule has 0 aliphatic heterocycles. The molecule has 0 radical (unpaired) electrons. The molecule has 0 saturated carbocycles. The summed E-state index contributed by atoms with van der Waals surface area (Å²) in [6, 6.07) is 8.92. The fourth-order valence-corrected chi connectivity index (χ4v) is 4.14. The van der Waals surface area contributed by atoms with Gasteiger partial charge in [0.2, 0.25) is 0 Å². The summed E-state index contributed by atoms with van der Waals surface area (Å²) in [6.45, 7) is 3.15. The normalized spacial score (nSPS) is 11.8. The summed E-state index contributed by atoms with van der Waals surface area (Å²) < 4.78 is 13.0. The highest BCUT2D eigenvalue weighted by Crippen LogP contribution is 2.20. The number of benzene rings is 1. The van der Waals surface area contributed by atoms with Crippen LogP contribution in [0.4, 0.5) is 0 Å². The molecule has 0 saturated heterocycles. The molecule has 8 heteroatoms. The molecule has 0 bridgehead atoms. The minimum absolute atomic E-state index is 0.275. The van der Waals surface area contributed by atoms with Crippen LogP contribution in [0.3, 0.4) is 0 Å². The van der Waals surface area contributed by atoms with Gasteiger partial charge in [-0.05, 0) is 36.6 Å². The molecule has 0 unspecified atom stereocenters. The maximum absolute atomic E-state index is 12.4. The van der Waals surface area contributed by atoms with Crippen LogP contribution in [-0.4, -0.2) is 36.8 Å². The highest BCUT2D eigenvalue weighted by atomic mass is 32.1. The SMILES string of the molecule is CCOC(=O)c1ccc2c(c1)sc(=NC(=O)c1cccs1)n2CCOC. The second kappa shape index (κ2) is 8.39. The van der Waals surface area contributed by atoms with E-state index in [1.54, 1.807) is 32.2 Å². The number of carbonyl (C=O) groups excluding carboxylic acids is 2. The van der Waals surface area contributed by atoms with Gasteiger partial charge in [0.25, 0.3) is 5.91 Å². The number of nitrogens with zero attached hydrogens (tertiary/aromatic N) is 2. The first-order valence-corrected chi connectivity index (χ1v) is 9.75. The van der Waals surface area contributed by atoms with E-state index in [4.69, 9.17) is 9.47 Å². The molecule has 0 N–H and O–H groups in total. The van der Waals surface area contributed by atoms with Crippen molar-refractivity contribution < 1.29 is 19.1 Å². The van der Waals surface area contributed by atoms with Gasteiger partial charge in [-0.3, -0.25) is 4.79 Å². The third-order valence-corrected chi connectivity index (χ3v) is 5.54. The molecular weight excluding hydrogens is 372 g/mol. The van der Waals surface area contributed by atoms with Gasteiger partial charge in [-0.25, -0.2) is 4.79 Å². The van der Waals surface area contributed by atoms with Crippen LogP contribution in [0.1, 0.15) is 27.0 Å². The maximum Gasteiger partial charge on any atom is 0.338 e. The number of carbonyl (C=O) groups is 2. The van der Waals surface area contributed by atoms with Crippen LogP contribution >= 0.6 is 22.7 Å². The zero-order valence-electron chi connectivity index (χ0n) is 14.4. The number of amides is 1. The van der Waals surface area contributed by atoms with Gasteiger partial charge in [0.05, 0.1) is 33.9 Å². The Morgan fingerprint density at radius 3 is 2.81 bits per heavy atom. The number of methoxy groups -OCH3 is 1. The van der Waals surface area contributed by atoms with Gasteiger partial charge in [0.1, 0.15) is 0 Å². The fourth-order valence-electron chi connectivity index (χ4n) is 2.44. The highest BCUT2D eigenvalue weighted by Gasteiger charge is 2.13. The van der Waals surface area contributed by atoms with Gasteiger partial charge in [-0.15, -0.1) is 11.3 Å². The Balaban J connectivity index is 2.08. The number of hydrogen-bond acceptors (Lipinski definition) is 6. The van der Waals surface area contributed by atoms with E-state index >= 15 is 0 Å². The Morgan fingerprint density at radius 2 is 2.12 bits per heavy atom. The first-order chi connectivity index (χ1) is 12.6. The van der Waals surface area contributed by atoms with Gasteiger partial charge in [-0.1, -0.05) is 17.4 Å². The number of aromatic nitrogens is 1. The number of thiophene rings is 1. The van der Waals surface area contributed by atoms with E-state index in [-0.39, 0.29) is 11.9 Å². The van der Waals surface area contributed by atoms with Crippen molar-refractivity contribution in [2.24, 2.45) is 4.99 Å². The predicted molar refractivity (Wildman–Crippen MR) is 102 cm³/mol. The summed E-state index contributed by atoms with van der Waals surface area (Å²) >= 11 is 2.73. The Hall–Kier alpha value is -2.29. The molecule has 0 fully saturated rings. The zero-order chi connectivity index (χ0) is 18.5. The number of esters is 1. The summed E-state index contributed by atoms with van der Waals surface area (Å²) in [4.78, 5) is 29.8. The van der Waals surface area contributed by atoms with Crippen LogP contribution in [-0.2, 0) is 16.0 Å². The van der Waals surface area contributed by atoms with Crippen molar-refractivity contribution in [1.29, 1.82) is 0 Å². The molecule has 1 aromatic carbocycles. The van der Waals surface area contributed by atoms with Crippen LogP contribution in [0.25, 0.3) is 10.2 Å². The molecule has 2 heterocycles. The topological polar surface area (TPSA) is 69.9 Å². The molecule has 0 aliphatic rings. The third-order valence-electron chi connectivity index (χ3n) is 3.64. The largest absolute Gasteiger partial charge is 0.462 e. The van der Waals surface area contributed by atoms with Crippen molar-refractivity contribution in [1.82, 2.24) is 4.57 Å². The van der Waals surface area contributed by atoms with Gasteiger partial charge < -0.3 is 14.0 Å². The van der Waals surface area contributed by atoms with Gasteiger partial charge in [0, 0.05) is 13.7 Å². The lowest BCUT2D eigenvalue weighted by Crippen LogP contribution is -2.19. The van der Waals surface area contributed by atoms with Crippen LogP contribution in [0.15, 0.2) is 40.7 Å². The quantitative estimate of drug-likeness (QED) is 0.606. The van der Waals surface area contributed by atoms with Crippen molar-refractivity contribution >= 4 is 44.8 Å². The lowest BCUT2D eigenvalue weighted by molar-refractivity contribution is 0.0526. The van der Waals surface area contributed by atoms with Crippen molar-refractivity contribution in [2.75, 3.05) is 20.3 Å². The van der Waals surface area contributed by atoms with E-state index in [2.05, 4.69) is 4.99 Å². The van der Waals surface area contributed by atoms with Crippen molar-refractivity contribution in [2.45, 2.75) is 13.5 Å². The van der Waals surface area contributed by atoms with E-state index in [1.807, 2.05) is 22.1 Å². The molecule has 3 aromatic rings. The van der Waals surface area contributed by atoms with Crippen molar-refractivity contribution in [3.8, 4) is 0 Å². The molecular formula is C18H18N2O4S2. The smallest absolute Gasteiger partial charge is 0.338 e. The highest BCUT2D eigenvalue weighted by molar-refractivity contribution is 7.16. The first kappa shape index (κ1) is 18.5. The number of hydrogen-bond donors (Lipinski definition) is 0. The van der Waals surface area contributed by atoms with Crippen molar-refractivity contribution in [3.63, 3.8) is 0 Å². The zero-order valence-corrected chi connectivity index (χ0v) is 16.1. The number of rotatable bonds is 6. The van der Waals surface area contributed by atoms with E-state index < -0.39 is 0 Å². The summed E-state index contributed by atoms with van der Waals surface area (Å²) in [6.07, 6.45) is 0. The van der Waals surface area contributed by atoms with Crippen LogP contribution < -0.4 is 4.80 Å². The fraction of sp³-hybridized carbons (Fsp3) is 0.278. The summed E-state index contributed by atoms with van der Waals surface area (Å²) in [7, 11) is 1.63. The number of fused-ring (bicyclic) bond motifs is 1. The van der Waals surface area contributed by atoms with Crippen molar-refractivity contribution in [3.05, 3.63) is 51.0 Å². The maximum atomic E-state index is 12.4. The number of ether oxygens (including phenoxy) is 2. The Morgan fingerprint density at radius 1 is 1.27 bits per heavy atom. The van der Waals surface area contributed by atoms with Crippen LogP contribution in [0.5, 0.6) is 0 Å². The Bertz CT molecular complexity index is 986. The lowest BCUT2D eigenvalue weighted by atomic mass is 10.2. The molecule has 2 aromatic heterocycles. The van der Waals surface area contributed by atoms with E-state index in [0.717, 1.165) is 10.2 Å². The second-order valence-corrected chi connectivity index (χ2v) is 7.28. The molecule has 26 heavy (non-hydrogen) atoms. The molecule has 0 spiro atoms. The first-order valence-electron chi connectivity index (χ1n) is 8.06. The van der Waals surface area contributed by atoms with Crippen LogP contribution in [0.2, 0.25) is 0 Å². The summed E-state index contributed by atoms with van der Waals surface area (Å²) in [5.74, 6) is -0.636. The minimum atomic E-state index is -0.362. The van der Waals surface area contributed by atoms with E-state index in [9.17, 15) is 9.59 Å². The molecule has 6 nitrogen and oxygen atoms in total. The minimum Gasteiger partial charge on any atom is -0.462 e.